The first-order chi connectivity index (χ1) is 13.7. The van der Waals surface area contributed by atoms with E-state index >= 15 is 0 Å². The summed E-state index contributed by atoms with van der Waals surface area (Å²) >= 11 is 1.78. The van der Waals surface area contributed by atoms with Gasteiger partial charge in [0.2, 0.25) is 5.91 Å². The fraction of sp³-hybridized carbons (Fsp3) is 0.174. The van der Waals surface area contributed by atoms with E-state index in [9.17, 15) is 4.79 Å². The van der Waals surface area contributed by atoms with Crippen molar-refractivity contribution in [1.82, 2.24) is 0 Å². The molecule has 0 aliphatic heterocycles. The average molecular weight is 393 g/mol. The van der Waals surface area contributed by atoms with Crippen LogP contribution in [0.3, 0.4) is 0 Å². The fourth-order valence-corrected chi connectivity index (χ4v) is 3.64. The van der Waals surface area contributed by atoms with E-state index in [4.69, 9.17) is 10.8 Å². The largest absolute Gasteiger partial charge is 0.394 e. The van der Waals surface area contributed by atoms with Gasteiger partial charge in [0.05, 0.1) is 6.61 Å². The van der Waals surface area contributed by atoms with Crippen molar-refractivity contribution in [3.8, 4) is 11.1 Å². The highest BCUT2D eigenvalue weighted by atomic mass is 32.2. The molecular weight excluding hydrogens is 368 g/mol. The number of benzene rings is 3. The van der Waals surface area contributed by atoms with Gasteiger partial charge in [-0.3, -0.25) is 4.79 Å². The van der Waals surface area contributed by atoms with Crippen molar-refractivity contribution in [1.29, 1.82) is 0 Å². The van der Waals surface area contributed by atoms with Crippen molar-refractivity contribution in [2.45, 2.75) is 17.4 Å². The molecule has 4 N–H and O–H groups in total. The molecule has 28 heavy (non-hydrogen) atoms. The third-order valence-corrected chi connectivity index (χ3v) is 5.39. The summed E-state index contributed by atoms with van der Waals surface area (Å²) in [5, 5.41) is 11.6. The number of hydrogen-bond acceptors (Lipinski definition) is 4. The van der Waals surface area contributed by atoms with Gasteiger partial charge in [0.15, 0.2) is 0 Å². The number of amides is 1. The number of nitrogens with two attached hydrogens (primary N) is 1. The minimum Gasteiger partial charge on any atom is -0.394 e. The van der Waals surface area contributed by atoms with Crippen LogP contribution in [0.1, 0.15) is 5.56 Å². The molecule has 0 aromatic heterocycles. The van der Waals surface area contributed by atoms with Gasteiger partial charge in [-0.05, 0) is 47.4 Å². The van der Waals surface area contributed by atoms with Crippen LogP contribution in [0.4, 0.5) is 5.69 Å². The SMILES string of the molecule is N[C@@H](CO)C(=O)Nc1ccc(SCCc2ccc(-c3ccccc3)cc2)cc1. The monoisotopic (exact) mass is 392 g/mol. The van der Waals surface area contributed by atoms with Gasteiger partial charge in [-0.2, -0.15) is 0 Å². The van der Waals surface area contributed by atoms with Gasteiger partial charge in [-0.25, -0.2) is 0 Å². The molecule has 0 bridgehead atoms. The molecule has 3 aromatic carbocycles. The number of aryl methyl sites for hydroxylation is 1. The topological polar surface area (TPSA) is 75.3 Å². The third kappa shape index (κ3) is 5.70. The zero-order chi connectivity index (χ0) is 19.8. The highest BCUT2D eigenvalue weighted by Gasteiger charge is 2.11. The lowest BCUT2D eigenvalue weighted by Crippen LogP contribution is -2.38. The molecule has 3 aromatic rings. The minimum absolute atomic E-state index is 0.369. The summed E-state index contributed by atoms with van der Waals surface area (Å²) in [6.07, 6.45) is 0.990. The molecule has 4 nitrogen and oxygen atoms in total. The quantitative estimate of drug-likeness (QED) is 0.508. The van der Waals surface area contributed by atoms with Crippen LogP contribution < -0.4 is 11.1 Å². The Morgan fingerprint density at radius 1 is 0.929 bits per heavy atom. The number of aliphatic hydroxyl groups excluding tert-OH is 1. The standard InChI is InChI=1S/C23H24N2O2S/c24-22(16-26)23(27)25-20-10-12-21(13-11-20)28-15-14-17-6-8-19(9-7-17)18-4-2-1-3-5-18/h1-13,22,26H,14-16,24H2,(H,25,27)/t22-/m0/s1. The molecular formula is C23H24N2O2S. The summed E-state index contributed by atoms with van der Waals surface area (Å²) in [6, 6.07) is 25.8. The third-order valence-electron chi connectivity index (χ3n) is 4.38. The van der Waals surface area contributed by atoms with Crippen LogP contribution in [-0.4, -0.2) is 29.4 Å². The van der Waals surface area contributed by atoms with Crippen molar-refractivity contribution in [3.05, 3.63) is 84.4 Å². The minimum atomic E-state index is -0.901. The summed E-state index contributed by atoms with van der Waals surface area (Å²) < 4.78 is 0. The predicted molar refractivity (Wildman–Crippen MR) is 116 cm³/mol. The number of anilines is 1. The molecule has 1 amide bonds. The molecule has 144 valence electrons. The van der Waals surface area contributed by atoms with Gasteiger partial charge in [0.25, 0.3) is 0 Å². The summed E-state index contributed by atoms with van der Waals surface area (Å²) in [5.41, 5.74) is 9.95. The van der Waals surface area contributed by atoms with Crippen LogP contribution in [0.25, 0.3) is 11.1 Å². The highest BCUT2D eigenvalue weighted by Crippen LogP contribution is 2.23. The van der Waals surface area contributed by atoms with Crippen molar-refractivity contribution >= 4 is 23.4 Å². The summed E-state index contributed by atoms with van der Waals surface area (Å²) in [6.45, 7) is -0.369. The number of rotatable bonds is 8. The summed E-state index contributed by atoms with van der Waals surface area (Å²) in [5.74, 6) is 0.591. The number of aliphatic hydroxyl groups is 1. The van der Waals surface area contributed by atoms with Crippen LogP contribution in [-0.2, 0) is 11.2 Å². The fourth-order valence-electron chi connectivity index (χ4n) is 2.73. The lowest BCUT2D eigenvalue weighted by molar-refractivity contribution is -0.118. The van der Waals surface area contributed by atoms with E-state index in [1.165, 1.54) is 16.7 Å². The van der Waals surface area contributed by atoms with E-state index in [1.54, 1.807) is 11.8 Å². The second-order valence-electron chi connectivity index (χ2n) is 6.46. The van der Waals surface area contributed by atoms with E-state index in [0.29, 0.717) is 5.69 Å². The lowest BCUT2D eigenvalue weighted by Gasteiger charge is -2.10. The highest BCUT2D eigenvalue weighted by molar-refractivity contribution is 7.99. The Hall–Kier alpha value is -2.60. The van der Waals surface area contributed by atoms with Gasteiger partial charge in [0, 0.05) is 16.3 Å². The van der Waals surface area contributed by atoms with E-state index in [-0.39, 0.29) is 12.5 Å². The van der Waals surface area contributed by atoms with Gasteiger partial charge >= 0.3 is 0 Å². The molecule has 1 atom stereocenters. The number of hydrogen-bond donors (Lipinski definition) is 3. The Bertz CT molecular complexity index is 881. The van der Waals surface area contributed by atoms with Crippen LogP contribution >= 0.6 is 11.8 Å². The molecule has 5 heteroatoms. The maximum atomic E-state index is 11.7. The molecule has 0 saturated heterocycles. The smallest absolute Gasteiger partial charge is 0.243 e. The molecule has 0 unspecified atom stereocenters. The Balaban J connectivity index is 1.48. The van der Waals surface area contributed by atoms with Crippen molar-refractivity contribution in [2.75, 3.05) is 17.7 Å². The second kappa shape index (κ2) is 10.1. The summed E-state index contributed by atoms with van der Waals surface area (Å²) in [7, 11) is 0. The van der Waals surface area contributed by atoms with Gasteiger partial charge in [0.1, 0.15) is 6.04 Å². The number of carbonyl (C=O) groups excluding carboxylic acids is 1. The number of thioether (sulfide) groups is 1. The molecule has 0 spiro atoms. The Kier molecular flexibility index (Phi) is 7.25. The zero-order valence-electron chi connectivity index (χ0n) is 15.5. The van der Waals surface area contributed by atoms with Gasteiger partial charge in [-0.15, -0.1) is 11.8 Å². The second-order valence-corrected chi connectivity index (χ2v) is 7.63. The molecule has 0 saturated carbocycles. The zero-order valence-corrected chi connectivity index (χ0v) is 16.4. The molecule has 0 aliphatic carbocycles. The van der Waals surface area contributed by atoms with Crippen LogP contribution in [0, 0.1) is 0 Å². The van der Waals surface area contributed by atoms with E-state index < -0.39 is 6.04 Å². The molecule has 0 fully saturated rings. The molecule has 0 heterocycles. The predicted octanol–water partition coefficient (Wildman–Crippen LogP) is 3.95. The lowest BCUT2D eigenvalue weighted by atomic mass is 10.0. The molecule has 0 radical (unpaired) electrons. The Morgan fingerprint density at radius 2 is 1.57 bits per heavy atom. The molecule has 0 aliphatic rings. The average Bonchev–Trinajstić information content (AvgIpc) is 2.75. The summed E-state index contributed by atoms with van der Waals surface area (Å²) in [4.78, 5) is 12.8. The first-order valence-corrected chi connectivity index (χ1v) is 10.2. The van der Waals surface area contributed by atoms with E-state index in [1.807, 2.05) is 30.3 Å². The van der Waals surface area contributed by atoms with Gasteiger partial charge in [-0.1, -0.05) is 54.6 Å². The van der Waals surface area contributed by atoms with Crippen molar-refractivity contribution in [2.24, 2.45) is 5.73 Å². The van der Waals surface area contributed by atoms with Crippen molar-refractivity contribution in [3.63, 3.8) is 0 Å². The van der Waals surface area contributed by atoms with Crippen LogP contribution in [0.15, 0.2) is 83.8 Å². The van der Waals surface area contributed by atoms with Gasteiger partial charge < -0.3 is 16.2 Å². The Labute approximate surface area is 169 Å². The first kappa shape index (κ1) is 20.1. The maximum absolute atomic E-state index is 11.7. The maximum Gasteiger partial charge on any atom is 0.243 e. The number of nitrogens with one attached hydrogen (secondary N) is 1. The first-order valence-electron chi connectivity index (χ1n) is 9.20. The van der Waals surface area contributed by atoms with Crippen LogP contribution in [0.2, 0.25) is 0 Å². The number of carbonyl (C=O) groups is 1. The van der Waals surface area contributed by atoms with E-state index in [0.717, 1.165) is 17.1 Å². The van der Waals surface area contributed by atoms with Crippen LogP contribution in [0.5, 0.6) is 0 Å². The normalized spacial score (nSPS) is 11.8. The van der Waals surface area contributed by atoms with E-state index in [2.05, 4.69) is 53.8 Å². The van der Waals surface area contributed by atoms with Crippen molar-refractivity contribution < 1.29 is 9.90 Å². The molecule has 3 rings (SSSR count). The Morgan fingerprint density at radius 3 is 2.21 bits per heavy atom.